The minimum atomic E-state index is -0.966. The number of rotatable bonds is 23. The van der Waals surface area contributed by atoms with Crippen molar-refractivity contribution in [2.75, 3.05) is 30.5 Å². The number of carbonyl (C=O) groups is 4. The van der Waals surface area contributed by atoms with Gasteiger partial charge in [0, 0.05) is 30.5 Å². The second-order valence-electron chi connectivity index (χ2n) is 21.9. The van der Waals surface area contributed by atoms with E-state index in [0.29, 0.717) is 58.0 Å². The molecule has 8 aromatic carbocycles. The number of nitrogens with zero attached hydrogens (tertiary/aromatic N) is 6. The Hall–Kier alpha value is -10.3. The van der Waals surface area contributed by atoms with Crippen LogP contribution in [0.5, 0.6) is 11.5 Å². The maximum atomic E-state index is 13.9. The van der Waals surface area contributed by atoms with Gasteiger partial charge in [-0.15, -0.1) is 16.9 Å². The molecule has 1 unspecified atom stereocenters. The second kappa shape index (κ2) is 28.5. The Morgan fingerprint density at radius 1 is 0.685 bits per heavy atom. The zero-order chi connectivity index (χ0) is 62.3. The normalized spacial score (nSPS) is 11.7. The molecular weight excluding hydrogens is 1140 g/mol. The molecule has 1 atom stereocenters. The molecule has 0 aliphatic rings. The number of thioether (sulfide) groups is 1. The Bertz CT molecular complexity index is 3910. The third-order valence-corrected chi connectivity index (χ3v) is 15.7. The maximum absolute atomic E-state index is 13.9. The van der Waals surface area contributed by atoms with E-state index < -0.39 is 40.5 Å². The lowest BCUT2D eigenvalue weighted by Gasteiger charge is -2.36. The van der Waals surface area contributed by atoms with E-state index in [9.17, 15) is 19.2 Å². The number of amides is 3. The molecule has 0 radical (unpaired) electrons. The topological polar surface area (TPSA) is 205 Å². The monoisotopic (exact) mass is 1210 g/mol. The van der Waals surface area contributed by atoms with Crippen molar-refractivity contribution in [2.45, 2.75) is 81.7 Å². The molecule has 0 fully saturated rings. The number of para-hydroxylation sites is 1. The van der Waals surface area contributed by atoms with Gasteiger partial charge >= 0.3 is 18.2 Å². The van der Waals surface area contributed by atoms with Gasteiger partial charge in [0.25, 0.3) is 5.91 Å². The van der Waals surface area contributed by atoms with E-state index in [1.54, 1.807) is 95.4 Å². The molecule has 17 nitrogen and oxygen atoms in total. The third kappa shape index (κ3) is 14.9. The number of nitrogens with one attached hydrogen (secondary N) is 3. The summed E-state index contributed by atoms with van der Waals surface area (Å²) in [5.41, 5.74) is 7.00. The summed E-state index contributed by atoms with van der Waals surface area (Å²) in [4.78, 5) is 64.2. The molecule has 18 heteroatoms. The van der Waals surface area contributed by atoms with Gasteiger partial charge in [0.05, 0.1) is 28.9 Å². The van der Waals surface area contributed by atoms with E-state index in [-0.39, 0.29) is 25.5 Å². The van der Waals surface area contributed by atoms with Crippen LogP contribution in [-0.2, 0) is 39.2 Å². The van der Waals surface area contributed by atoms with Crippen LogP contribution >= 0.6 is 11.8 Å². The first-order valence-electron chi connectivity index (χ1n) is 29.4. The Morgan fingerprint density at radius 2 is 1.28 bits per heavy atom. The van der Waals surface area contributed by atoms with E-state index in [0.717, 1.165) is 50.9 Å². The quantitative estimate of drug-likeness (QED) is 0.0310. The summed E-state index contributed by atoms with van der Waals surface area (Å²) in [6, 6.07) is 68.4. The van der Waals surface area contributed by atoms with Crippen LogP contribution in [0.3, 0.4) is 0 Å². The molecule has 0 saturated heterocycles. The molecule has 2 heterocycles. The van der Waals surface area contributed by atoms with Crippen molar-refractivity contribution in [3.63, 3.8) is 0 Å². The first-order valence-corrected chi connectivity index (χ1v) is 30.3. The van der Waals surface area contributed by atoms with Gasteiger partial charge in [0.15, 0.2) is 12.4 Å². The zero-order valence-electron chi connectivity index (χ0n) is 50.4. The van der Waals surface area contributed by atoms with Gasteiger partial charge in [-0.05, 0) is 132 Å². The van der Waals surface area contributed by atoms with Crippen molar-refractivity contribution in [2.24, 2.45) is 0 Å². The van der Waals surface area contributed by atoms with Crippen LogP contribution in [0, 0.1) is 0 Å². The molecule has 2 aromatic heterocycles. The van der Waals surface area contributed by atoms with Crippen molar-refractivity contribution in [1.29, 1.82) is 0 Å². The van der Waals surface area contributed by atoms with Gasteiger partial charge in [0.2, 0.25) is 0 Å². The van der Waals surface area contributed by atoms with Crippen molar-refractivity contribution in [3.8, 4) is 34.0 Å². The minimum absolute atomic E-state index is 0.164. The highest BCUT2D eigenvalue weighted by molar-refractivity contribution is 7.99. The summed E-state index contributed by atoms with van der Waals surface area (Å²) < 4.78 is 24.6. The standard InChI is InChI=1S/C71H69N9O8S/c1-7-23-62-74-64(65(75-62)67(82)85-8-2)61(89-56-42-43-59(60(45-56)79(6)69(84)88-70(3,4)5)73-63(81)47-86-54-40-36-49(37-41-54)46-72-68(83)87-55-30-19-12-20-31-55)44-48-34-38-50(39-35-48)57-32-21-22-33-58(57)66-76-77-78-80(66)71(51-24-13-9-14-25-51,52-26-15-10-16-27-52)53-28-17-11-18-29-53/h9-22,24-43,45,61H,7-8,23,44,46-47H2,1-6H3,(H,72,83)(H,73,81)(H,74,75). The number of aryl methyl sites for hydroxylation is 1. The zero-order valence-corrected chi connectivity index (χ0v) is 51.2. The molecule has 10 aromatic rings. The number of esters is 1. The number of carbonyl (C=O) groups excluding carboxylic acids is 4. The highest BCUT2D eigenvalue weighted by atomic mass is 32.2. The molecule has 0 saturated carbocycles. The number of tetrazole rings is 1. The Balaban J connectivity index is 0.941. The number of benzene rings is 8. The molecule has 0 spiro atoms. The average molecular weight is 1210 g/mol. The predicted octanol–water partition coefficient (Wildman–Crippen LogP) is 14.5. The van der Waals surface area contributed by atoms with E-state index in [1.165, 1.54) is 16.7 Å². The molecule has 452 valence electrons. The molecule has 0 aliphatic heterocycles. The molecule has 3 amide bonds. The lowest BCUT2D eigenvalue weighted by Crippen LogP contribution is -2.39. The molecular formula is C71H69N9O8S. The average Bonchev–Trinajstić information content (AvgIpc) is 1.72. The van der Waals surface area contributed by atoms with Gasteiger partial charge in [-0.25, -0.2) is 24.0 Å². The van der Waals surface area contributed by atoms with Crippen LogP contribution < -0.4 is 25.0 Å². The Labute approximate surface area is 521 Å². The van der Waals surface area contributed by atoms with Crippen molar-refractivity contribution < 1.29 is 38.1 Å². The van der Waals surface area contributed by atoms with Crippen LogP contribution in [0.25, 0.3) is 22.5 Å². The first-order chi connectivity index (χ1) is 43.2. The van der Waals surface area contributed by atoms with Gasteiger partial charge in [-0.1, -0.05) is 177 Å². The third-order valence-electron chi connectivity index (χ3n) is 14.5. The number of ether oxygens (including phenoxy) is 4. The van der Waals surface area contributed by atoms with Crippen molar-refractivity contribution in [3.05, 3.63) is 257 Å². The summed E-state index contributed by atoms with van der Waals surface area (Å²) in [5, 5.41) is 19.2. The van der Waals surface area contributed by atoms with E-state index in [2.05, 4.69) is 87.6 Å². The summed E-state index contributed by atoms with van der Waals surface area (Å²) in [7, 11) is 1.58. The van der Waals surface area contributed by atoms with Crippen LogP contribution in [0.1, 0.15) is 96.1 Å². The highest BCUT2D eigenvalue weighted by Crippen LogP contribution is 2.45. The highest BCUT2D eigenvalue weighted by Gasteiger charge is 2.42. The van der Waals surface area contributed by atoms with Gasteiger partial charge in [0.1, 0.15) is 34.2 Å². The lowest BCUT2D eigenvalue weighted by molar-refractivity contribution is -0.118. The predicted molar refractivity (Wildman–Crippen MR) is 345 cm³/mol. The van der Waals surface area contributed by atoms with E-state index in [4.69, 9.17) is 34.2 Å². The Morgan fingerprint density at radius 3 is 1.89 bits per heavy atom. The SMILES string of the molecule is CCCc1nc(C(Cc2ccc(-c3ccccc3-c3nnnn3C(c3ccccc3)(c3ccccc3)c3ccccc3)cc2)Sc2ccc(NC(=O)COc3ccc(CNC(=O)Oc4ccccc4)cc3)c(N(C)C(=O)OC(C)(C)C)c2)c(C(=O)OCC)[nH]1. The molecule has 3 N–H and O–H groups in total. The lowest BCUT2D eigenvalue weighted by atomic mass is 9.77. The number of aromatic nitrogens is 6. The summed E-state index contributed by atoms with van der Waals surface area (Å²) in [6.45, 7) is 9.17. The van der Waals surface area contributed by atoms with Gasteiger partial charge < -0.3 is 34.6 Å². The van der Waals surface area contributed by atoms with Crippen LogP contribution in [0.15, 0.2) is 217 Å². The van der Waals surface area contributed by atoms with Crippen molar-refractivity contribution in [1.82, 2.24) is 35.5 Å². The molecule has 89 heavy (non-hydrogen) atoms. The number of hydrogen-bond donors (Lipinski definition) is 3. The second-order valence-corrected chi connectivity index (χ2v) is 23.2. The summed E-state index contributed by atoms with van der Waals surface area (Å²) in [5.74, 6) is 1.07. The largest absolute Gasteiger partial charge is 0.484 e. The van der Waals surface area contributed by atoms with Crippen LogP contribution in [-0.4, -0.2) is 80.1 Å². The van der Waals surface area contributed by atoms with Gasteiger partial charge in [-0.2, -0.15) is 0 Å². The van der Waals surface area contributed by atoms with E-state index in [1.807, 2.05) is 96.5 Å². The fraction of sp³-hybridized carbons (Fsp3) is 0.211. The van der Waals surface area contributed by atoms with Crippen LogP contribution in [0.4, 0.5) is 21.0 Å². The molecule has 10 rings (SSSR count). The number of H-pyrrole nitrogens is 1. The summed E-state index contributed by atoms with van der Waals surface area (Å²) >= 11 is 1.45. The number of aromatic amines is 1. The summed E-state index contributed by atoms with van der Waals surface area (Å²) in [6.07, 6.45) is 0.558. The van der Waals surface area contributed by atoms with Gasteiger partial charge in [-0.3, -0.25) is 9.69 Å². The fourth-order valence-electron chi connectivity index (χ4n) is 10.4. The first kappa shape index (κ1) is 61.7. The van der Waals surface area contributed by atoms with Crippen molar-refractivity contribution >= 4 is 47.2 Å². The van der Waals surface area contributed by atoms with Crippen LogP contribution in [0.2, 0.25) is 0 Å². The van der Waals surface area contributed by atoms with E-state index >= 15 is 0 Å². The smallest absolute Gasteiger partial charge is 0.414 e. The Kier molecular flexibility index (Phi) is 19.7. The number of hydrogen-bond acceptors (Lipinski definition) is 13. The molecule has 0 aliphatic carbocycles. The fourth-order valence-corrected chi connectivity index (χ4v) is 11.6. The minimum Gasteiger partial charge on any atom is -0.484 e. The molecule has 0 bridgehead atoms. The maximum Gasteiger partial charge on any atom is 0.414 e. The number of imidazole rings is 1. The number of anilines is 2.